The predicted molar refractivity (Wildman–Crippen MR) is 89.7 cm³/mol. The Morgan fingerprint density at radius 2 is 1.91 bits per heavy atom. The molecule has 2 heterocycles. The normalized spacial score (nSPS) is 26.1. The van der Waals surface area contributed by atoms with Gasteiger partial charge >= 0.3 is 5.97 Å². The molecule has 0 amide bonds. The number of benzene rings is 2. The molecule has 3 atom stereocenters. The van der Waals surface area contributed by atoms with Gasteiger partial charge in [0.15, 0.2) is 0 Å². The van der Waals surface area contributed by atoms with E-state index in [0.29, 0.717) is 12.4 Å². The van der Waals surface area contributed by atoms with Gasteiger partial charge in [-0.15, -0.1) is 11.8 Å². The number of hydrogen-bond donors (Lipinski definition) is 0. The van der Waals surface area contributed by atoms with E-state index in [0.717, 1.165) is 17.5 Å². The second kappa shape index (κ2) is 6.02. The van der Waals surface area contributed by atoms with Crippen molar-refractivity contribution in [2.45, 2.75) is 29.6 Å². The van der Waals surface area contributed by atoms with Gasteiger partial charge in [-0.3, -0.25) is 4.79 Å². The Labute approximate surface area is 140 Å². The van der Waals surface area contributed by atoms with Crippen LogP contribution in [-0.2, 0) is 9.53 Å². The summed E-state index contributed by atoms with van der Waals surface area (Å²) in [5, 5.41) is 0.276. The maximum absolute atomic E-state index is 12.4. The number of ether oxygens (including phenoxy) is 2. The van der Waals surface area contributed by atoms with E-state index in [1.165, 1.54) is 4.90 Å². The summed E-state index contributed by atoms with van der Waals surface area (Å²) in [5.41, 5.74) is 2.00. The van der Waals surface area contributed by atoms with Gasteiger partial charge in [-0.1, -0.05) is 36.4 Å². The fraction of sp³-hybridized carbons (Fsp3) is 0.316. The van der Waals surface area contributed by atoms with Crippen LogP contribution in [0.15, 0.2) is 53.4 Å². The van der Waals surface area contributed by atoms with Crippen LogP contribution in [0.5, 0.6) is 5.75 Å². The van der Waals surface area contributed by atoms with Gasteiger partial charge in [-0.05, 0) is 31.0 Å². The van der Waals surface area contributed by atoms with Crippen molar-refractivity contribution in [1.29, 1.82) is 0 Å². The highest BCUT2D eigenvalue weighted by Gasteiger charge is 2.43. The summed E-state index contributed by atoms with van der Waals surface area (Å²) in [6.45, 7) is 2.62. The van der Waals surface area contributed by atoms with Crippen molar-refractivity contribution >= 4 is 17.7 Å². The zero-order valence-electron chi connectivity index (χ0n) is 12.9. The number of rotatable bonds is 2. The van der Waals surface area contributed by atoms with Gasteiger partial charge in [-0.2, -0.15) is 0 Å². The Morgan fingerprint density at radius 3 is 2.74 bits per heavy atom. The molecule has 4 heteroatoms. The van der Waals surface area contributed by atoms with Crippen molar-refractivity contribution in [3.8, 4) is 5.75 Å². The molecule has 0 radical (unpaired) electrons. The Bertz CT molecular complexity index is 729. The summed E-state index contributed by atoms with van der Waals surface area (Å²) in [6, 6.07) is 16.2. The molecule has 23 heavy (non-hydrogen) atoms. The van der Waals surface area contributed by atoms with Crippen LogP contribution in [-0.4, -0.2) is 17.8 Å². The van der Waals surface area contributed by atoms with Gasteiger partial charge < -0.3 is 9.47 Å². The quantitative estimate of drug-likeness (QED) is 0.613. The van der Waals surface area contributed by atoms with E-state index < -0.39 is 0 Å². The second-order valence-electron chi connectivity index (χ2n) is 6.06. The van der Waals surface area contributed by atoms with Crippen LogP contribution in [0, 0.1) is 12.8 Å². The number of carbonyl (C=O) groups is 1. The molecule has 0 aromatic heterocycles. The Morgan fingerprint density at radius 1 is 1.09 bits per heavy atom. The molecule has 2 aromatic rings. The van der Waals surface area contributed by atoms with Crippen LogP contribution in [0.3, 0.4) is 0 Å². The molecule has 0 N–H and O–H groups in total. The second-order valence-corrected chi connectivity index (χ2v) is 7.44. The third-order valence-electron chi connectivity index (χ3n) is 4.44. The third kappa shape index (κ3) is 2.77. The molecule has 0 spiro atoms. The lowest BCUT2D eigenvalue weighted by atomic mass is 9.86. The number of thioether (sulfide) groups is 1. The summed E-state index contributed by atoms with van der Waals surface area (Å²) in [5.74, 6) is 0.322. The molecule has 0 bridgehead atoms. The average molecular weight is 326 g/mol. The lowest BCUT2D eigenvalue weighted by molar-refractivity contribution is -0.152. The highest BCUT2D eigenvalue weighted by Crippen LogP contribution is 2.46. The number of hydrogen-bond acceptors (Lipinski definition) is 4. The van der Waals surface area contributed by atoms with Crippen molar-refractivity contribution in [2.24, 2.45) is 5.92 Å². The molecule has 2 aromatic carbocycles. The van der Waals surface area contributed by atoms with Crippen LogP contribution in [0.2, 0.25) is 0 Å². The first kappa shape index (κ1) is 14.8. The molecule has 0 aliphatic carbocycles. The molecule has 4 rings (SSSR count). The van der Waals surface area contributed by atoms with Crippen LogP contribution >= 0.6 is 11.8 Å². The first-order valence-corrected chi connectivity index (χ1v) is 8.75. The highest BCUT2D eigenvalue weighted by atomic mass is 32.2. The van der Waals surface area contributed by atoms with Gasteiger partial charge in [0.1, 0.15) is 5.75 Å². The molecule has 2 aliphatic heterocycles. The highest BCUT2D eigenvalue weighted by molar-refractivity contribution is 8.00. The monoisotopic (exact) mass is 326 g/mol. The Balaban J connectivity index is 1.56. The summed E-state index contributed by atoms with van der Waals surface area (Å²) < 4.78 is 11.7. The van der Waals surface area contributed by atoms with Gasteiger partial charge in [0, 0.05) is 15.7 Å². The van der Waals surface area contributed by atoms with Gasteiger partial charge in [0.25, 0.3) is 0 Å². The van der Waals surface area contributed by atoms with Gasteiger partial charge in [-0.25, -0.2) is 0 Å². The molecule has 3 nitrogen and oxygen atoms in total. The number of para-hydroxylation sites is 1. The minimum Gasteiger partial charge on any atom is -0.426 e. The minimum atomic E-state index is -0.209. The SMILES string of the molecule is Cc1cccc2c1OC(=O)C1CC(Sc3ccccc3)COC21. The molecule has 0 saturated carbocycles. The first-order chi connectivity index (χ1) is 11.2. The van der Waals surface area contributed by atoms with E-state index in [1.807, 2.05) is 43.3 Å². The molecular formula is C19H18O3S. The number of fused-ring (bicyclic) bond motifs is 3. The van der Waals surface area contributed by atoms with E-state index in [4.69, 9.17) is 9.47 Å². The zero-order chi connectivity index (χ0) is 15.8. The van der Waals surface area contributed by atoms with Crippen molar-refractivity contribution < 1.29 is 14.3 Å². The Hall–Kier alpha value is -1.78. The van der Waals surface area contributed by atoms with E-state index in [2.05, 4.69) is 12.1 Å². The van der Waals surface area contributed by atoms with E-state index >= 15 is 0 Å². The molecule has 2 aliphatic rings. The van der Waals surface area contributed by atoms with E-state index in [-0.39, 0.29) is 23.2 Å². The van der Waals surface area contributed by atoms with Crippen molar-refractivity contribution in [1.82, 2.24) is 0 Å². The Kier molecular flexibility index (Phi) is 3.87. The van der Waals surface area contributed by atoms with Gasteiger partial charge in [0.05, 0.1) is 18.6 Å². The van der Waals surface area contributed by atoms with Crippen LogP contribution in [0.4, 0.5) is 0 Å². The lowest BCUT2D eigenvalue weighted by Crippen LogP contribution is -2.40. The average Bonchev–Trinajstić information content (AvgIpc) is 2.57. The fourth-order valence-corrected chi connectivity index (χ4v) is 4.47. The molecule has 1 fully saturated rings. The number of aryl methyl sites for hydroxylation is 1. The summed E-state index contributed by atoms with van der Waals surface area (Å²) in [6.07, 6.45) is 0.620. The van der Waals surface area contributed by atoms with Crippen LogP contribution in [0.1, 0.15) is 23.7 Å². The standard InChI is InChI=1S/C19H18O3S/c1-12-6-5-9-15-17(12)22-19(20)16-10-14(11-21-18(15)16)23-13-7-3-2-4-8-13/h2-9,14,16,18H,10-11H2,1H3. The predicted octanol–water partition coefficient (Wildman–Crippen LogP) is 4.15. The van der Waals surface area contributed by atoms with Crippen molar-refractivity contribution in [2.75, 3.05) is 6.61 Å². The largest absolute Gasteiger partial charge is 0.426 e. The maximum atomic E-state index is 12.4. The fourth-order valence-electron chi connectivity index (χ4n) is 3.32. The number of carbonyl (C=O) groups excluding carboxylic acids is 1. The van der Waals surface area contributed by atoms with E-state index in [1.54, 1.807) is 11.8 Å². The van der Waals surface area contributed by atoms with Crippen molar-refractivity contribution in [3.63, 3.8) is 0 Å². The maximum Gasteiger partial charge on any atom is 0.317 e. The lowest BCUT2D eigenvalue weighted by Gasteiger charge is -2.38. The summed E-state index contributed by atoms with van der Waals surface area (Å²) in [7, 11) is 0. The molecule has 118 valence electrons. The zero-order valence-corrected chi connectivity index (χ0v) is 13.7. The summed E-state index contributed by atoms with van der Waals surface area (Å²) >= 11 is 1.77. The molecule has 1 saturated heterocycles. The number of esters is 1. The molecular weight excluding hydrogens is 308 g/mol. The van der Waals surface area contributed by atoms with Gasteiger partial charge in [0.2, 0.25) is 0 Å². The summed E-state index contributed by atoms with van der Waals surface area (Å²) in [4.78, 5) is 13.6. The van der Waals surface area contributed by atoms with Crippen molar-refractivity contribution in [3.05, 3.63) is 59.7 Å². The molecule has 3 unspecified atom stereocenters. The first-order valence-electron chi connectivity index (χ1n) is 7.87. The van der Waals surface area contributed by atoms with Crippen LogP contribution < -0.4 is 4.74 Å². The smallest absolute Gasteiger partial charge is 0.317 e. The minimum absolute atomic E-state index is 0.157. The van der Waals surface area contributed by atoms with Crippen LogP contribution in [0.25, 0.3) is 0 Å². The topological polar surface area (TPSA) is 35.5 Å². The third-order valence-corrected chi connectivity index (χ3v) is 5.65. The van der Waals surface area contributed by atoms with E-state index in [9.17, 15) is 4.79 Å².